The zero-order valence-corrected chi connectivity index (χ0v) is 7.42. The molecule has 0 unspecified atom stereocenters. The minimum atomic E-state index is -2.83. The smallest absolute Gasteiger partial charge is 0.311 e. The van der Waals surface area contributed by atoms with Crippen LogP contribution in [0, 0.1) is 0 Å². The maximum Gasteiger partial charge on any atom is 0.316 e. The van der Waals surface area contributed by atoms with Gasteiger partial charge in [0.25, 0.3) is 0 Å². The third-order valence-electron chi connectivity index (χ3n) is 0.348. The lowest BCUT2D eigenvalue weighted by Gasteiger charge is -2.08. The topological polar surface area (TPSA) is 26.3 Å². The second-order valence-corrected chi connectivity index (χ2v) is 6.94. The number of hydrogen-bond donors (Lipinski definition) is 2. The van der Waals surface area contributed by atoms with Gasteiger partial charge in [-0.05, 0) is 13.8 Å². The molecule has 0 aliphatic heterocycles. The zero-order chi connectivity index (χ0) is 6.78. The Labute approximate surface area is 82.0 Å². The molecular formula is C3H11MgO2PS2. The molecule has 0 aromatic heterocycles. The molecule has 6 heteroatoms. The van der Waals surface area contributed by atoms with Crippen molar-refractivity contribution in [3.8, 4) is 0 Å². The maximum absolute atomic E-state index is 10.5. The van der Waals surface area contributed by atoms with Gasteiger partial charge < -0.3 is 4.52 Å². The predicted octanol–water partition coefficient (Wildman–Crippen LogP) is 1.46. The Morgan fingerprint density at radius 1 is 1.44 bits per heavy atom. The Hall–Kier alpha value is 1.66. The van der Waals surface area contributed by atoms with Crippen molar-refractivity contribution in [2.24, 2.45) is 0 Å². The van der Waals surface area contributed by atoms with Gasteiger partial charge in [-0.3, -0.25) is 4.57 Å². The van der Waals surface area contributed by atoms with Crippen molar-refractivity contribution in [2.45, 2.75) is 20.0 Å². The maximum atomic E-state index is 10.5. The first-order valence-corrected chi connectivity index (χ1v) is 6.09. The fourth-order valence-corrected chi connectivity index (χ4v) is 1.96. The van der Waals surface area contributed by atoms with Gasteiger partial charge in [0.05, 0.1) is 6.10 Å². The van der Waals surface area contributed by atoms with Crippen LogP contribution < -0.4 is 0 Å². The van der Waals surface area contributed by atoms with Gasteiger partial charge in [-0.2, -0.15) is 0 Å². The van der Waals surface area contributed by atoms with Gasteiger partial charge >= 0.3 is 28.8 Å². The highest BCUT2D eigenvalue weighted by Crippen LogP contribution is 2.57. The number of hydrogen-bond acceptors (Lipinski definition) is 2. The molecule has 0 N–H and O–H groups in total. The van der Waals surface area contributed by atoms with E-state index in [4.69, 9.17) is 4.52 Å². The van der Waals surface area contributed by atoms with Crippen LogP contribution in [0.15, 0.2) is 0 Å². The molecule has 0 atom stereocenters. The Morgan fingerprint density at radius 3 is 1.78 bits per heavy atom. The van der Waals surface area contributed by atoms with E-state index in [0.717, 1.165) is 0 Å². The van der Waals surface area contributed by atoms with Crippen molar-refractivity contribution in [3.05, 3.63) is 0 Å². The first-order chi connectivity index (χ1) is 3.42. The van der Waals surface area contributed by atoms with E-state index in [2.05, 4.69) is 24.5 Å². The molecule has 9 heavy (non-hydrogen) atoms. The molecule has 0 aliphatic carbocycles. The minimum absolute atomic E-state index is 0. The van der Waals surface area contributed by atoms with Crippen LogP contribution in [0.1, 0.15) is 13.8 Å². The van der Waals surface area contributed by atoms with Crippen molar-refractivity contribution in [3.63, 3.8) is 0 Å². The minimum Gasteiger partial charge on any atom is -0.311 e. The third-order valence-corrected chi connectivity index (χ3v) is 1.61. The summed E-state index contributed by atoms with van der Waals surface area (Å²) in [6.45, 7) is 3.55. The largest absolute Gasteiger partial charge is 0.316 e. The highest BCUT2D eigenvalue weighted by atomic mass is 33.1. The standard InChI is InChI=1S/C3H9O2PS2.Mg.2H/c1-3(2)5-6(4,7)8;;;/h3H,1-2H3,(H2,4,7,8);;;. The summed E-state index contributed by atoms with van der Waals surface area (Å²) in [5.74, 6) is -2.83. The Kier molecular flexibility index (Phi) is 7.85. The first kappa shape index (κ1) is 13.3. The van der Waals surface area contributed by atoms with Gasteiger partial charge in [0.1, 0.15) is 0 Å². The van der Waals surface area contributed by atoms with E-state index in [1.807, 2.05) is 0 Å². The van der Waals surface area contributed by atoms with Gasteiger partial charge in [-0.1, -0.05) is 24.5 Å². The molecule has 0 bridgehead atoms. The Balaban J connectivity index is 0. The molecule has 0 radical (unpaired) electrons. The number of thiol groups is 2. The van der Waals surface area contributed by atoms with Crippen LogP contribution in [0.5, 0.6) is 0 Å². The monoisotopic (exact) mass is 198 g/mol. The molecule has 2 nitrogen and oxygen atoms in total. The summed E-state index contributed by atoms with van der Waals surface area (Å²) in [5.41, 5.74) is 0. The summed E-state index contributed by atoms with van der Waals surface area (Å²) in [6.07, 6.45) is -0.0733. The van der Waals surface area contributed by atoms with Crippen LogP contribution in [-0.2, 0) is 9.09 Å². The third kappa shape index (κ3) is 12.8. The van der Waals surface area contributed by atoms with E-state index < -0.39 is 5.77 Å². The lowest BCUT2D eigenvalue weighted by molar-refractivity contribution is 0.261. The zero-order valence-electron chi connectivity index (χ0n) is 4.74. The van der Waals surface area contributed by atoms with Crippen LogP contribution in [-0.4, -0.2) is 29.2 Å². The van der Waals surface area contributed by atoms with Crippen molar-refractivity contribution >= 4 is 53.3 Å². The van der Waals surface area contributed by atoms with Gasteiger partial charge in [-0.15, -0.1) is 0 Å². The normalized spacial score (nSPS) is 11.2. The van der Waals surface area contributed by atoms with Crippen molar-refractivity contribution in [2.75, 3.05) is 0 Å². The van der Waals surface area contributed by atoms with E-state index in [0.29, 0.717) is 0 Å². The Bertz CT molecular complexity index is 112. The van der Waals surface area contributed by atoms with Crippen LogP contribution >= 0.6 is 30.3 Å². The summed E-state index contributed by atoms with van der Waals surface area (Å²) in [5, 5.41) is 0. The number of rotatable bonds is 2. The van der Waals surface area contributed by atoms with Crippen LogP contribution in [0.25, 0.3) is 0 Å². The van der Waals surface area contributed by atoms with E-state index >= 15 is 0 Å². The quantitative estimate of drug-likeness (QED) is 0.399. The average molecular weight is 199 g/mol. The molecule has 0 saturated carbocycles. The van der Waals surface area contributed by atoms with Crippen molar-refractivity contribution < 1.29 is 9.09 Å². The summed E-state index contributed by atoms with van der Waals surface area (Å²) in [7, 11) is 0. The van der Waals surface area contributed by atoms with E-state index in [-0.39, 0.29) is 29.2 Å². The first-order valence-electron chi connectivity index (χ1n) is 2.16. The second kappa shape index (κ2) is 5.33. The molecule has 0 spiro atoms. The second-order valence-electron chi connectivity index (χ2n) is 1.64. The van der Waals surface area contributed by atoms with Crippen LogP contribution in [0.2, 0.25) is 0 Å². The highest BCUT2D eigenvalue weighted by molar-refractivity contribution is 8.79. The molecule has 0 fully saturated rings. The average Bonchev–Trinajstić information content (AvgIpc) is 1.21. The SMILES string of the molecule is CC(C)OP(=O)(S)S.[MgH2]. The lowest BCUT2D eigenvalue weighted by Crippen LogP contribution is -1.94. The van der Waals surface area contributed by atoms with Gasteiger partial charge in [-0.25, -0.2) is 0 Å². The fourth-order valence-electron chi connectivity index (χ4n) is 0.275. The molecule has 0 amide bonds. The summed E-state index contributed by atoms with van der Waals surface area (Å²) < 4.78 is 15.3. The Morgan fingerprint density at radius 2 is 1.78 bits per heavy atom. The van der Waals surface area contributed by atoms with Crippen molar-refractivity contribution in [1.82, 2.24) is 0 Å². The summed E-state index contributed by atoms with van der Waals surface area (Å²) >= 11 is 7.18. The molecule has 0 aliphatic rings. The molecule has 0 aromatic carbocycles. The molecule has 0 saturated heterocycles. The van der Waals surface area contributed by atoms with E-state index in [1.165, 1.54) is 0 Å². The molecule has 54 valence electrons. The molecular weight excluding hydrogens is 187 g/mol. The van der Waals surface area contributed by atoms with Crippen LogP contribution in [0.3, 0.4) is 0 Å². The molecule has 0 rings (SSSR count). The lowest BCUT2D eigenvalue weighted by atomic mass is 10.5. The van der Waals surface area contributed by atoms with Crippen molar-refractivity contribution in [1.29, 1.82) is 0 Å². The van der Waals surface area contributed by atoms with Crippen LogP contribution in [0.4, 0.5) is 0 Å². The molecule has 0 heterocycles. The predicted molar refractivity (Wildman–Crippen MR) is 50.3 cm³/mol. The van der Waals surface area contributed by atoms with Gasteiger partial charge in [0.15, 0.2) is 0 Å². The van der Waals surface area contributed by atoms with E-state index in [9.17, 15) is 4.57 Å². The highest BCUT2D eigenvalue weighted by Gasteiger charge is 2.10. The summed E-state index contributed by atoms with van der Waals surface area (Å²) in [4.78, 5) is 0. The summed E-state index contributed by atoms with van der Waals surface area (Å²) in [6, 6.07) is 0. The molecule has 0 aromatic rings. The van der Waals surface area contributed by atoms with Gasteiger partial charge in [0.2, 0.25) is 0 Å². The fraction of sp³-hybridized carbons (Fsp3) is 1.00. The van der Waals surface area contributed by atoms with E-state index in [1.54, 1.807) is 13.8 Å². The van der Waals surface area contributed by atoms with Gasteiger partial charge in [0, 0.05) is 0 Å².